The SMILES string of the molecule is CCCCOP(=O)(OCCCC)c1ccc(C(NC(=O)N2CCN(Cc3ccc(OC)c(OC)c3Cl)C(=O)C2=O)C(=O)N[C@@H](Cc2ccc(F)c(C(=O)OC(C)(C)C)c2OC)B2O[C@@H]3C[C@@H]4C[C@@H](C4(C)C)[C@]3(C)O2)cc1. The normalized spacial score (nSPS) is 21.8. The Morgan fingerprint density at radius 2 is 1.51 bits per heavy atom. The summed E-state index contributed by atoms with van der Waals surface area (Å²) in [5.74, 6) is -4.89. The second-order valence-electron chi connectivity index (χ2n) is 21.6. The summed E-state index contributed by atoms with van der Waals surface area (Å²) in [6, 6.07) is 9.15. The third kappa shape index (κ3) is 12.1. The molecule has 0 radical (unpaired) electrons. The van der Waals surface area contributed by atoms with Crippen LogP contribution < -0.4 is 30.1 Å². The minimum Gasteiger partial charge on any atom is -0.495 e. The maximum Gasteiger partial charge on any atom is 0.482 e. The topological polar surface area (TPSA) is 207 Å². The first kappa shape index (κ1) is 58.4. The Labute approximate surface area is 450 Å². The van der Waals surface area contributed by atoms with Gasteiger partial charge in [-0.25, -0.2) is 14.0 Å². The number of hydrogen-bond acceptors (Lipinski definition) is 14. The molecule has 3 aromatic rings. The van der Waals surface area contributed by atoms with Gasteiger partial charge in [-0.1, -0.05) is 76.4 Å². The van der Waals surface area contributed by atoms with Crippen molar-refractivity contribution in [3.8, 4) is 17.2 Å². The van der Waals surface area contributed by atoms with Crippen LogP contribution in [0.4, 0.5) is 9.18 Å². The lowest BCUT2D eigenvalue weighted by molar-refractivity contribution is -0.199. The van der Waals surface area contributed by atoms with Crippen molar-refractivity contribution < 1.29 is 70.2 Å². The third-order valence-electron chi connectivity index (χ3n) is 15.1. The summed E-state index contributed by atoms with van der Waals surface area (Å²) in [7, 11) is -0.800. The molecule has 414 valence electrons. The zero-order valence-electron chi connectivity index (χ0n) is 45.4. The highest BCUT2D eigenvalue weighted by Gasteiger charge is 2.68. The fraction of sp³-hybridized carbons (Fsp3) is 0.574. The zero-order chi connectivity index (χ0) is 55.5. The molecular formula is C54H72BClFN4O14P. The molecule has 18 nitrogen and oxygen atoms in total. The molecule has 5 aliphatic rings. The molecule has 2 heterocycles. The second-order valence-corrected chi connectivity index (χ2v) is 24.0. The molecule has 0 aromatic heterocycles. The van der Waals surface area contributed by atoms with E-state index >= 15 is 9.18 Å². The van der Waals surface area contributed by atoms with E-state index in [0.717, 1.165) is 30.2 Å². The molecule has 2 N–H and O–H groups in total. The van der Waals surface area contributed by atoms with Gasteiger partial charge in [-0.05, 0) is 118 Å². The van der Waals surface area contributed by atoms with Crippen molar-refractivity contribution in [2.45, 2.75) is 136 Å². The molecule has 5 fully saturated rings. The number of amides is 5. The van der Waals surface area contributed by atoms with Gasteiger partial charge < -0.3 is 52.8 Å². The highest BCUT2D eigenvalue weighted by molar-refractivity contribution is 7.62. The number of urea groups is 1. The van der Waals surface area contributed by atoms with Gasteiger partial charge >= 0.3 is 38.5 Å². The van der Waals surface area contributed by atoms with Gasteiger partial charge in [0.05, 0.1) is 62.5 Å². The predicted molar refractivity (Wildman–Crippen MR) is 282 cm³/mol. The zero-order valence-corrected chi connectivity index (χ0v) is 47.0. The van der Waals surface area contributed by atoms with E-state index in [1.807, 2.05) is 20.8 Å². The van der Waals surface area contributed by atoms with Crippen molar-refractivity contribution in [2.24, 2.45) is 17.3 Å². The smallest absolute Gasteiger partial charge is 0.482 e. The van der Waals surface area contributed by atoms with Crippen LogP contribution in [0.25, 0.3) is 0 Å². The van der Waals surface area contributed by atoms with Crippen molar-refractivity contribution in [2.75, 3.05) is 47.6 Å². The van der Waals surface area contributed by atoms with E-state index < -0.39 is 79.0 Å². The summed E-state index contributed by atoms with van der Waals surface area (Å²) in [5, 5.41) is 6.14. The Morgan fingerprint density at radius 1 is 0.868 bits per heavy atom. The average molecular weight is 1100 g/mol. The van der Waals surface area contributed by atoms with Crippen LogP contribution >= 0.6 is 19.2 Å². The number of ether oxygens (including phenoxy) is 4. The molecule has 0 spiro atoms. The predicted octanol–water partition coefficient (Wildman–Crippen LogP) is 8.53. The van der Waals surface area contributed by atoms with Gasteiger partial charge in [-0.15, -0.1) is 0 Å². The molecule has 76 heavy (non-hydrogen) atoms. The molecule has 6 atom stereocenters. The fourth-order valence-electron chi connectivity index (χ4n) is 10.8. The van der Waals surface area contributed by atoms with Crippen LogP contribution in [0.15, 0.2) is 48.5 Å². The van der Waals surface area contributed by atoms with Crippen molar-refractivity contribution >= 4 is 61.3 Å². The first-order chi connectivity index (χ1) is 35.9. The summed E-state index contributed by atoms with van der Waals surface area (Å²) in [5.41, 5.74) is -1.26. The number of hydrogen-bond donors (Lipinski definition) is 2. The number of nitrogens with one attached hydrogen (secondary N) is 2. The van der Waals surface area contributed by atoms with Gasteiger partial charge in [-0.2, -0.15) is 0 Å². The van der Waals surface area contributed by atoms with Gasteiger partial charge in [-0.3, -0.25) is 23.8 Å². The summed E-state index contributed by atoms with van der Waals surface area (Å²) in [6.45, 7) is 15.3. The molecule has 2 aliphatic heterocycles. The second kappa shape index (κ2) is 23.8. The van der Waals surface area contributed by atoms with Gasteiger partial charge in [0.2, 0.25) is 5.91 Å². The number of imide groups is 1. The van der Waals surface area contributed by atoms with Crippen LogP contribution in [0.5, 0.6) is 17.2 Å². The lowest BCUT2D eigenvalue weighted by atomic mass is 9.43. The number of esters is 1. The quantitative estimate of drug-likeness (QED) is 0.0318. The molecule has 3 aliphatic carbocycles. The molecule has 22 heteroatoms. The van der Waals surface area contributed by atoms with Gasteiger partial charge in [0.1, 0.15) is 28.8 Å². The summed E-state index contributed by atoms with van der Waals surface area (Å²) >= 11 is 6.63. The first-order valence-electron chi connectivity index (χ1n) is 26.0. The number of rotatable bonds is 22. The standard InChI is InChI=1S/C54H72BClFN4O14P/c1-12-14-26-71-76(67,72-27-15-13-2)36-20-16-32(17-21-36)44(59-51(66)61-25-24-60(48(63)49(61)64)31-34-19-23-38(68-9)46(70-11)43(34)56)47(62)58-41(55-74-40-30-35-29-39(53(35,6)7)54(40,8)75-55)28-33-18-22-37(57)42(45(33)69-10)50(65)73-52(3,4)5/h16-23,35,39-41,44H,12-15,24-31H2,1-11H3,(H,58,62)(H,59,66)/t35-,39-,40+,41-,44?,54-/m0/s1. The Bertz CT molecular complexity index is 2700. The number of halogens is 2. The molecule has 2 bridgehead atoms. The van der Waals surface area contributed by atoms with Gasteiger partial charge in [0.25, 0.3) is 0 Å². The van der Waals surface area contributed by atoms with Crippen LogP contribution in [0.3, 0.4) is 0 Å². The summed E-state index contributed by atoms with van der Waals surface area (Å²) in [4.78, 5) is 72.9. The Hall–Kier alpha value is -5.24. The third-order valence-corrected chi connectivity index (χ3v) is 17.5. The van der Waals surface area contributed by atoms with E-state index in [2.05, 4.69) is 24.5 Å². The summed E-state index contributed by atoms with van der Waals surface area (Å²) < 4.78 is 77.5. The van der Waals surface area contributed by atoms with Crippen LogP contribution in [0, 0.1) is 23.1 Å². The number of benzene rings is 3. The average Bonchev–Trinajstić information content (AvgIpc) is 3.90. The van der Waals surface area contributed by atoms with Crippen molar-refractivity contribution in [3.05, 3.63) is 81.6 Å². The fourth-order valence-corrected chi connectivity index (χ4v) is 12.7. The number of unbranched alkanes of at least 4 members (excludes halogenated alkanes) is 2. The van der Waals surface area contributed by atoms with E-state index in [0.29, 0.717) is 42.1 Å². The van der Waals surface area contributed by atoms with Crippen molar-refractivity contribution in [1.29, 1.82) is 0 Å². The van der Waals surface area contributed by atoms with E-state index in [1.54, 1.807) is 32.9 Å². The molecule has 5 amide bonds. The number of methoxy groups -OCH3 is 3. The maximum absolute atomic E-state index is 15.7. The molecule has 3 saturated carbocycles. The molecule has 3 aromatic carbocycles. The Balaban J connectivity index is 1.23. The minimum absolute atomic E-state index is 0.0428. The van der Waals surface area contributed by atoms with E-state index in [9.17, 15) is 23.7 Å². The number of piperazine rings is 1. The minimum atomic E-state index is -3.86. The lowest BCUT2D eigenvalue weighted by Crippen LogP contribution is -2.65. The van der Waals surface area contributed by atoms with Crippen LogP contribution in [0.2, 0.25) is 5.02 Å². The largest absolute Gasteiger partial charge is 0.495 e. The molecule has 8 rings (SSSR count). The van der Waals surface area contributed by atoms with Crippen LogP contribution in [-0.2, 0) is 55.0 Å². The molecule has 1 unspecified atom stereocenters. The Kier molecular flexibility index (Phi) is 18.3. The van der Waals surface area contributed by atoms with Gasteiger partial charge in [0.15, 0.2) is 11.5 Å². The van der Waals surface area contributed by atoms with E-state index in [-0.39, 0.29) is 84.1 Å². The maximum atomic E-state index is 15.7. The van der Waals surface area contributed by atoms with Crippen LogP contribution in [-0.4, -0.2) is 118 Å². The monoisotopic (exact) mass is 1100 g/mol. The van der Waals surface area contributed by atoms with Crippen LogP contribution in [0.1, 0.15) is 127 Å². The highest BCUT2D eigenvalue weighted by atomic mass is 35.5. The lowest BCUT2D eigenvalue weighted by Gasteiger charge is -2.64. The number of nitrogens with zero attached hydrogens (tertiary/aromatic N) is 2. The van der Waals surface area contributed by atoms with E-state index in [1.165, 1.54) is 56.6 Å². The van der Waals surface area contributed by atoms with Crippen molar-refractivity contribution in [1.82, 2.24) is 20.4 Å². The first-order valence-corrected chi connectivity index (χ1v) is 27.9. The highest BCUT2D eigenvalue weighted by Crippen LogP contribution is 2.66. The number of carbonyl (C=O) groups excluding carboxylic acids is 5. The van der Waals surface area contributed by atoms with Crippen molar-refractivity contribution in [3.63, 3.8) is 0 Å². The van der Waals surface area contributed by atoms with Gasteiger partial charge in [0, 0.05) is 19.6 Å². The Morgan fingerprint density at radius 3 is 2.11 bits per heavy atom. The van der Waals surface area contributed by atoms with E-state index in [4.69, 9.17) is 48.9 Å². The summed E-state index contributed by atoms with van der Waals surface area (Å²) in [6.07, 6.45) is 4.00. The molecular weight excluding hydrogens is 1020 g/mol. The molecule has 2 saturated heterocycles. The number of carbonyl (C=O) groups is 5.